The van der Waals surface area contributed by atoms with Crippen molar-refractivity contribution >= 4 is 5.95 Å². The van der Waals surface area contributed by atoms with Crippen molar-refractivity contribution in [2.24, 2.45) is 0 Å². The third kappa shape index (κ3) is 3.25. The Hall–Kier alpha value is -3.48. The summed E-state index contributed by atoms with van der Waals surface area (Å²) >= 11 is 0. The maximum absolute atomic E-state index is 13.9. The second-order valence-corrected chi connectivity index (χ2v) is 5.32. The molecule has 124 valence electrons. The highest BCUT2D eigenvalue weighted by atomic mass is 19.1. The fraction of sp³-hybridized carbons (Fsp3) is 0.0556. The van der Waals surface area contributed by atoms with Crippen LogP contribution < -0.4 is 5.32 Å². The monoisotopic (exact) mass is 335 g/mol. The Labute approximate surface area is 143 Å². The van der Waals surface area contributed by atoms with E-state index in [0.717, 1.165) is 11.3 Å². The van der Waals surface area contributed by atoms with Gasteiger partial charge in [-0.25, -0.2) is 19.0 Å². The molecule has 1 aromatic carbocycles. The molecule has 3 aromatic heterocycles. The first kappa shape index (κ1) is 15.1. The molecule has 0 saturated heterocycles. The molecule has 4 rings (SSSR count). The smallest absolute Gasteiger partial charge is 0.223 e. The van der Waals surface area contributed by atoms with Gasteiger partial charge in [-0.05, 0) is 30.3 Å². The summed E-state index contributed by atoms with van der Waals surface area (Å²) in [4.78, 5) is 8.65. The first-order chi connectivity index (χ1) is 12.3. The third-order valence-electron chi connectivity index (χ3n) is 3.63. The number of benzene rings is 1. The van der Waals surface area contributed by atoms with Crippen molar-refractivity contribution in [1.29, 1.82) is 0 Å². The summed E-state index contributed by atoms with van der Waals surface area (Å²) in [6, 6.07) is 12.0. The number of anilines is 1. The van der Waals surface area contributed by atoms with Crippen LogP contribution in [0.25, 0.3) is 16.9 Å². The molecule has 25 heavy (non-hydrogen) atoms. The van der Waals surface area contributed by atoms with E-state index in [1.165, 1.54) is 10.7 Å². The van der Waals surface area contributed by atoms with E-state index in [4.69, 9.17) is 4.42 Å². The van der Waals surface area contributed by atoms with E-state index in [9.17, 15) is 4.39 Å². The molecule has 0 atom stereocenters. The minimum Gasteiger partial charge on any atom is -0.467 e. The van der Waals surface area contributed by atoms with Crippen molar-refractivity contribution in [2.45, 2.75) is 6.54 Å². The topological polar surface area (TPSA) is 68.8 Å². The maximum Gasteiger partial charge on any atom is 0.223 e. The summed E-state index contributed by atoms with van der Waals surface area (Å²) in [6.45, 7) is 0.491. The molecule has 0 bridgehead atoms. The number of aromatic nitrogens is 4. The summed E-state index contributed by atoms with van der Waals surface area (Å²) in [7, 11) is 0. The Morgan fingerprint density at radius 2 is 2.04 bits per heavy atom. The van der Waals surface area contributed by atoms with Gasteiger partial charge in [-0.3, -0.25) is 0 Å². The Kier molecular flexibility index (Phi) is 3.96. The molecule has 0 spiro atoms. The van der Waals surface area contributed by atoms with Crippen LogP contribution in [-0.4, -0.2) is 19.7 Å². The van der Waals surface area contributed by atoms with Crippen LogP contribution in [0.1, 0.15) is 5.76 Å². The third-order valence-corrected chi connectivity index (χ3v) is 3.63. The molecular weight excluding hydrogens is 321 g/mol. The molecule has 3 heterocycles. The number of furan rings is 1. The quantitative estimate of drug-likeness (QED) is 0.602. The van der Waals surface area contributed by atoms with Gasteiger partial charge >= 0.3 is 0 Å². The molecule has 0 amide bonds. The van der Waals surface area contributed by atoms with Crippen LogP contribution in [0.5, 0.6) is 0 Å². The molecule has 1 N–H and O–H groups in total. The van der Waals surface area contributed by atoms with Crippen LogP contribution in [0.15, 0.2) is 71.7 Å². The fourth-order valence-electron chi connectivity index (χ4n) is 2.41. The van der Waals surface area contributed by atoms with Crippen LogP contribution in [0.2, 0.25) is 0 Å². The number of para-hydroxylation sites is 1. The van der Waals surface area contributed by atoms with Gasteiger partial charge in [0.1, 0.15) is 17.3 Å². The minimum absolute atomic E-state index is 0.333. The SMILES string of the molecule is Fc1ccccc1-n1cc(-c2ccnc(NCc3ccco3)n2)cn1. The number of hydrogen-bond acceptors (Lipinski definition) is 5. The summed E-state index contributed by atoms with van der Waals surface area (Å²) in [6.07, 6.45) is 6.65. The summed E-state index contributed by atoms with van der Waals surface area (Å²) in [5.41, 5.74) is 1.85. The van der Waals surface area contributed by atoms with Crippen LogP contribution in [0, 0.1) is 5.82 Å². The van der Waals surface area contributed by atoms with E-state index < -0.39 is 0 Å². The summed E-state index contributed by atoms with van der Waals surface area (Å²) in [5, 5.41) is 7.32. The number of nitrogens with one attached hydrogen (secondary N) is 1. The molecule has 0 unspecified atom stereocenters. The molecule has 0 aliphatic heterocycles. The van der Waals surface area contributed by atoms with Gasteiger partial charge in [0.25, 0.3) is 0 Å². The number of halogens is 1. The highest BCUT2D eigenvalue weighted by Crippen LogP contribution is 2.20. The van der Waals surface area contributed by atoms with Crippen LogP contribution in [-0.2, 0) is 6.54 Å². The van der Waals surface area contributed by atoms with E-state index in [1.807, 2.05) is 12.1 Å². The second kappa shape index (κ2) is 6.56. The van der Waals surface area contributed by atoms with Gasteiger partial charge in [-0.15, -0.1) is 0 Å². The lowest BCUT2D eigenvalue weighted by atomic mass is 10.2. The van der Waals surface area contributed by atoms with Gasteiger partial charge < -0.3 is 9.73 Å². The van der Waals surface area contributed by atoms with E-state index in [0.29, 0.717) is 23.9 Å². The predicted octanol–water partition coefficient (Wildman–Crippen LogP) is 3.67. The molecular formula is C18H14FN5O. The summed E-state index contributed by atoms with van der Waals surface area (Å²) < 4.78 is 20.6. The zero-order valence-electron chi connectivity index (χ0n) is 13.1. The van der Waals surface area contributed by atoms with Crippen molar-refractivity contribution in [3.8, 4) is 16.9 Å². The van der Waals surface area contributed by atoms with Gasteiger partial charge in [-0.2, -0.15) is 5.10 Å². The predicted molar refractivity (Wildman–Crippen MR) is 90.6 cm³/mol. The first-order valence-corrected chi connectivity index (χ1v) is 7.69. The van der Waals surface area contributed by atoms with Crippen molar-refractivity contribution in [3.05, 3.63) is 78.9 Å². The fourth-order valence-corrected chi connectivity index (χ4v) is 2.41. The number of hydrogen-bond donors (Lipinski definition) is 1. The average Bonchev–Trinajstić information content (AvgIpc) is 3.33. The lowest BCUT2D eigenvalue weighted by molar-refractivity contribution is 0.517. The Morgan fingerprint density at radius 1 is 1.12 bits per heavy atom. The van der Waals surface area contributed by atoms with Crippen molar-refractivity contribution in [3.63, 3.8) is 0 Å². The van der Waals surface area contributed by atoms with Gasteiger partial charge in [-0.1, -0.05) is 12.1 Å². The molecule has 0 fully saturated rings. The van der Waals surface area contributed by atoms with Gasteiger partial charge in [0.05, 0.1) is 24.7 Å². The average molecular weight is 335 g/mol. The maximum atomic E-state index is 13.9. The molecule has 0 saturated carbocycles. The Balaban J connectivity index is 1.56. The number of rotatable bonds is 5. The van der Waals surface area contributed by atoms with E-state index in [1.54, 1.807) is 49.1 Å². The van der Waals surface area contributed by atoms with Crippen LogP contribution in [0.3, 0.4) is 0 Å². The standard InChI is InChI=1S/C18H14FN5O/c19-15-5-1-2-6-17(15)24-12-13(10-22-24)16-7-8-20-18(23-16)21-11-14-4-3-9-25-14/h1-10,12H,11H2,(H,20,21,23). The molecule has 0 radical (unpaired) electrons. The molecule has 0 aliphatic carbocycles. The van der Waals surface area contributed by atoms with Crippen LogP contribution in [0.4, 0.5) is 10.3 Å². The molecule has 4 aromatic rings. The largest absolute Gasteiger partial charge is 0.467 e. The normalized spacial score (nSPS) is 10.8. The first-order valence-electron chi connectivity index (χ1n) is 7.69. The van der Waals surface area contributed by atoms with Gasteiger partial charge in [0.15, 0.2) is 0 Å². The number of nitrogens with zero attached hydrogens (tertiary/aromatic N) is 4. The van der Waals surface area contributed by atoms with Gasteiger partial charge in [0.2, 0.25) is 5.95 Å². The van der Waals surface area contributed by atoms with Gasteiger partial charge in [0, 0.05) is 18.0 Å². The molecule has 0 aliphatic rings. The molecule has 6 nitrogen and oxygen atoms in total. The lowest BCUT2D eigenvalue weighted by Gasteiger charge is -2.04. The van der Waals surface area contributed by atoms with E-state index >= 15 is 0 Å². The zero-order valence-corrected chi connectivity index (χ0v) is 13.1. The highest BCUT2D eigenvalue weighted by molar-refractivity contribution is 5.58. The van der Waals surface area contributed by atoms with Crippen LogP contribution >= 0.6 is 0 Å². The Bertz CT molecular complexity index is 981. The lowest BCUT2D eigenvalue weighted by Crippen LogP contribution is -2.03. The minimum atomic E-state index is -0.333. The van der Waals surface area contributed by atoms with E-state index in [-0.39, 0.29) is 5.82 Å². The Morgan fingerprint density at radius 3 is 2.88 bits per heavy atom. The zero-order chi connectivity index (χ0) is 17.1. The van der Waals surface area contributed by atoms with Crippen molar-refractivity contribution in [1.82, 2.24) is 19.7 Å². The molecule has 7 heteroatoms. The highest BCUT2D eigenvalue weighted by Gasteiger charge is 2.09. The van der Waals surface area contributed by atoms with E-state index in [2.05, 4.69) is 20.4 Å². The second-order valence-electron chi connectivity index (χ2n) is 5.32. The summed E-state index contributed by atoms with van der Waals surface area (Å²) in [5.74, 6) is 0.939. The van der Waals surface area contributed by atoms with Crippen molar-refractivity contribution < 1.29 is 8.81 Å². The van der Waals surface area contributed by atoms with Crippen molar-refractivity contribution in [2.75, 3.05) is 5.32 Å².